The molecule has 0 aliphatic rings. The second kappa shape index (κ2) is 30.1. The summed E-state index contributed by atoms with van der Waals surface area (Å²) in [7, 11) is 0. The van der Waals surface area contributed by atoms with Crippen molar-refractivity contribution in [2.75, 3.05) is 0 Å². The third kappa shape index (κ3) is 24.5. The lowest BCUT2D eigenvalue weighted by atomic mass is 9.77. The van der Waals surface area contributed by atoms with E-state index in [9.17, 15) is 0 Å². The minimum atomic E-state index is 0.241. The van der Waals surface area contributed by atoms with Gasteiger partial charge in [-0.1, -0.05) is 311 Å². The molecule has 0 saturated carbocycles. The summed E-state index contributed by atoms with van der Waals surface area (Å²) in [4.78, 5) is 0. The number of hydrogen-bond donors (Lipinski definition) is 0. The van der Waals surface area contributed by atoms with E-state index in [4.69, 9.17) is 0 Å². The highest BCUT2D eigenvalue weighted by atomic mass is 14.3. The minimum absolute atomic E-state index is 0.241. The number of benzene rings is 6. The van der Waals surface area contributed by atoms with Crippen molar-refractivity contribution in [2.24, 2.45) is 0 Å². The van der Waals surface area contributed by atoms with E-state index < -0.39 is 0 Å². The van der Waals surface area contributed by atoms with E-state index >= 15 is 0 Å². The molecule has 0 nitrogen and oxygen atoms in total. The maximum absolute atomic E-state index is 2.40. The number of hydrogen-bond acceptors (Lipinski definition) is 0. The van der Waals surface area contributed by atoms with Gasteiger partial charge in [-0.25, -0.2) is 0 Å². The summed E-state index contributed by atoms with van der Waals surface area (Å²) in [6.07, 6.45) is 0. The van der Waals surface area contributed by atoms with Crippen LogP contribution in [0.4, 0.5) is 0 Å². The summed E-state index contributed by atoms with van der Waals surface area (Å²) in [5, 5.41) is 0. The third-order valence-corrected chi connectivity index (χ3v) is 14.6. The van der Waals surface area contributed by atoms with Gasteiger partial charge in [-0.15, -0.1) is 0 Å². The van der Waals surface area contributed by atoms with Crippen LogP contribution in [0, 0.1) is 41.5 Å². The molecule has 0 saturated heterocycles. The van der Waals surface area contributed by atoms with Crippen LogP contribution in [0.2, 0.25) is 0 Å². The average molecular weight is 1040 g/mol. The molecule has 0 aliphatic carbocycles. The van der Waals surface area contributed by atoms with Crippen LogP contribution in [0.1, 0.15) is 292 Å². The summed E-state index contributed by atoms with van der Waals surface area (Å²) >= 11 is 0. The number of rotatable bonds is 5. The quantitative estimate of drug-likeness (QED) is 0.161. The standard InChI is InChI=1S/C16H26.C15H24.C13H20.3C11H16/c1-10(2)14-8-15(11(3)4)13(7)16(9-14)12(5)6;1-11-12(14(2,3)4)9-8-10-13(11)15(5,6)7;1-9(2)12-6-11(5)7-13(8-12)10(3)4;1-9-5-7-10(8-6-9)11(2,3)4;1-9-6-5-7-10(8-9)11(2,3)4;1-9-7-5-6-8-10(9)11(2,3)4/h8-12H,1-7H3;8-10H,1-7H3;6-10H,1-5H3;3*5-8H,1-4H3. The highest BCUT2D eigenvalue weighted by Gasteiger charge is 2.23. The van der Waals surface area contributed by atoms with E-state index in [1.165, 1.54) is 89.0 Å². The van der Waals surface area contributed by atoms with Crippen molar-refractivity contribution in [3.63, 3.8) is 0 Å². The lowest BCUT2D eigenvalue weighted by Crippen LogP contribution is -2.19. The molecule has 0 spiro atoms. The van der Waals surface area contributed by atoms with E-state index in [0.29, 0.717) is 29.6 Å². The zero-order valence-electron chi connectivity index (χ0n) is 55.9. The molecule has 426 valence electrons. The second-order valence-corrected chi connectivity index (χ2v) is 29.1. The van der Waals surface area contributed by atoms with Crippen molar-refractivity contribution >= 4 is 0 Å². The Bertz CT molecular complexity index is 2570. The van der Waals surface area contributed by atoms with Gasteiger partial charge in [0.05, 0.1) is 0 Å². The fourth-order valence-corrected chi connectivity index (χ4v) is 9.67. The molecule has 0 bridgehead atoms. The maximum Gasteiger partial charge on any atom is -0.0129 e. The SMILES string of the molecule is Cc1c(C(C)(C)C)cccc1C(C)(C)C.Cc1c(C(C)C)cc(C(C)C)cc1C(C)C.Cc1cc(C(C)C)cc(C(C)C)c1.Cc1ccc(C(C)(C)C)cc1.Cc1cccc(C(C)(C)C)c1.Cc1ccccc1C(C)(C)C. The van der Waals surface area contributed by atoms with Crippen LogP contribution in [0.25, 0.3) is 0 Å². The fourth-order valence-electron chi connectivity index (χ4n) is 9.67. The van der Waals surface area contributed by atoms with Gasteiger partial charge >= 0.3 is 0 Å². The highest BCUT2D eigenvalue weighted by molar-refractivity contribution is 5.43. The predicted octanol–water partition coefficient (Wildman–Crippen LogP) is 24.1. The Balaban J connectivity index is 0.000000465. The van der Waals surface area contributed by atoms with Crippen LogP contribution >= 0.6 is 0 Å². The van der Waals surface area contributed by atoms with Crippen LogP contribution < -0.4 is 0 Å². The predicted molar refractivity (Wildman–Crippen MR) is 351 cm³/mol. The van der Waals surface area contributed by atoms with Gasteiger partial charge in [0.2, 0.25) is 0 Å². The van der Waals surface area contributed by atoms with Gasteiger partial charge < -0.3 is 0 Å². The van der Waals surface area contributed by atoms with Crippen LogP contribution in [0.15, 0.2) is 121 Å². The summed E-state index contributed by atoms with van der Waals surface area (Å²) in [5.41, 5.74) is 24.4. The molecule has 0 heteroatoms. The lowest BCUT2D eigenvalue weighted by molar-refractivity contribution is 0.561. The van der Waals surface area contributed by atoms with Gasteiger partial charge in [0.25, 0.3) is 0 Å². The Hall–Kier alpha value is -4.68. The van der Waals surface area contributed by atoms with Crippen LogP contribution in [-0.4, -0.2) is 0 Å². The van der Waals surface area contributed by atoms with Crippen LogP contribution in [-0.2, 0) is 27.1 Å². The largest absolute Gasteiger partial charge is 0.0620 e. The van der Waals surface area contributed by atoms with Crippen molar-refractivity contribution in [1.82, 2.24) is 0 Å². The normalized spacial score (nSPS) is 11.9. The van der Waals surface area contributed by atoms with Crippen molar-refractivity contribution in [3.05, 3.63) is 210 Å². The van der Waals surface area contributed by atoms with Crippen molar-refractivity contribution in [1.29, 1.82) is 0 Å². The molecule has 6 rings (SSSR count). The van der Waals surface area contributed by atoms with Gasteiger partial charge in [-0.3, -0.25) is 0 Å². The maximum atomic E-state index is 2.40. The Labute approximate surface area is 479 Å². The monoisotopic (exact) mass is 1040 g/mol. The Morgan fingerprint density at radius 2 is 0.623 bits per heavy atom. The molecule has 0 N–H and O–H groups in total. The zero-order chi connectivity index (χ0) is 59.8. The molecular formula is C77H118. The summed E-state index contributed by atoms with van der Waals surface area (Å²) in [6, 6.07) is 44.4. The van der Waals surface area contributed by atoms with E-state index in [1.807, 2.05) is 0 Å². The molecule has 0 aromatic heterocycles. The molecule has 0 fully saturated rings. The van der Waals surface area contributed by atoms with Crippen molar-refractivity contribution in [2.45, 2.75) is 271 Å². The third-order valence-electron chi connectivity index (χ3n) is 14.6. The summed E-state index contributed by atoms with van der Waals surface area (Å²) in [6.45, 7) is 69.7. The zero-order valence-corrected chi connectivity index (χ0v) is 55.9. The summed E-state index contributed by atoms with van der Waals surface area (Å²) < 4.78 is 0. The smallest absolute Gasteiger partial charge is 0.0129 e. The lowest BCUT2D eigenvalue weighted by Gasteiger charge is -2.28. The highest BCUT2D eigenvalue weighted by Crippen LogP contribution is 2.34. The molecule has 0 unspecified atom stereocenters. The van der Waals surface area contributed by atoms with Crippen molar-refractivity contribution < 1.29 is 0 Å². The minimum Gasteiger partial charge on any atom is -0.0620 e. The molecule has 0 amide bonds. The van der Waals surface area contributed by atoms with Gasteiger partial charge in [0.15, 0.2) is 0 Å². The molecule has 0 atom stereocenters. The molecule has 6 aromatic carbocycles. The topological polar surface area (TPSA) is 0 Å². The summed E-state index contributed by atoms with van der Waals surface area (Å²) in [5.74, 6) is 3.14. The van der Waals surface area contributed by atoms with Crippen LogP contribution in [0.5, 0.6) is 0 Å². The van der Waals surface area contributed by atoms with Gasteiger partial charge in [-0.2, -0.15) is 0 Å². The average Bonchev–Trinajstić information content (AvgIpc) is 3.28. The van der Waals surface area contributed by atoms with Crippen molar-refractivity contribution in [3.8, 4) is 0 Å². The van der Waals surface area contributed by atoms with E-state index in [1.54, 1.807) is 0 Å². The van der Waals surface area contributed by atoms with Crippen LogP contribution in [0.3, 0.4) is 0 Å². The fraction of sp³-hybridized carbons (Fsp3) is 0.532. The van der Waals surface area contributed by atoms with Gasteiger partial charge in [-0.05, 0) is 171 Å². The number of aryl methyl sites for hydroxylation is 4. The molecule has 0 heterocycles. The van der Waals surface area contributed by atoms with Gasteiger partial charge in [0, 0.05) is 0 Å². The van der Waals surface area contributed by atoms with E-state index in [2.05, 4.69) is 336 Å². The van der Waals surface area contributed by atoms with Gasteiger partial charge in [0.1, 0.15) is 0 Å². The first-order valence-corrected chi connectivity index (χ1v) is 29.6. The molecule has 77 heavy (non-hydrogen) atoms. The first kappa shape index (κ1) is 70.3. The molecular weight excluding hydrogens is 925 g/mol. The first-order chi connectivity index (χ1) is 35.0. The van der Waals surface area contributed by atoms with E-state index in [-0.39, 0.29) is 27.1 Å². The molecule has 0 aliphatic heterocycles. The molecule has 0 radical (unpaired) electrons. The first-order valence-electron chi connectivity index (χ1n) is 29.6. The Kier molecular flexibility index (Phi) is 27.5. The van der Waals surface area contributed by atoms with E-state index in [0.717, 1.165) is 0 Å². The molecule has 6 aromatic rings. The Morgan fingerprint density at radius 3 is 0.935 bits per heavy atom. The Morgan fingerprint density at radius 1 is 0.260 bits per heavy atom. The second-order valence-electron chi connectivity index (χ2n) is 29.1.